The van der Waals surface area contributed by atoms with Crippen molar-refractivity contribution in [2.24, 2.45) is 11.5 Å². The van der Waals surface area contributed by atoms with Crippen LogP contribution in [0.2, 0.25) is 0 Å². The third kappa shape index (κ3) is 7.47. The van der Waals surface area contributed by atoms with Crippen molar-refractivity contribution >= 4 is 0 Å². The molecule has 0 aliphatic carbocycles. The first-order valence-electron chi connectivity index (χ1n) is 9.28. The van der Waals surface area contributed by atoms with Crippen LogP contribution in [-0.2, 0) is 6.42 Å². The number of aryl methyl sites for hydroxylation is 1. The van der Waals surface area contributed by atoms with Crippen LogP contribution < -0.4 is 11.5 Å². The van der Waals surface area contributed by atoms with Crippen molar-refractivity contribution in [3.63, 3.8) is 0 Å². The maximum absolute atomic E-state index is 9.38. The van der Waals surface area contributed by atoms with E-state index < -0.39 is 5.54 Å². The van der Waals surface area contributed by atoms with Crippen LogP contribution in [0.3, 0.4) is 0 Å². The Bertz CT molecular complexity index is 412. The Labute approximate surface area is 142 Å². The molecule has 3 heteroatoms. The number of nitrogens with two attached hydrogens (primary N) is 2. The Hall–Kier alpha value is -0.900. The second-order valence-corrected chi connectivity index (χ2v) is 6.93. The second kappa shape index (κ2) is 10.8. The highest BCUT2D eigenvalue weighted by Gasteiger charge is 2.21. The van der Waals surface area contributed by atoms with Crippen LogP contribution in [0.5, 0.6) is 0 Å². The fourth-order valence-electron chi connectivity index (χ4n) is 2.83. The average Bonchev–Trinajstić information content (AvgIpc) is 2.59. The Morgan fingerprint density at radius 2 is 1.70 bits per heavy atom. The van der Waals surface area contributed by atoms with Gasteiger partial charge in [0.1, 0.15) is 0 Å². The number of aliphatic hydroxyl groups is 1. The van der Waals surface area contributed by atoms with Crippen LogP contribution in [-0.4, -0.2) is 17.3 Å². The summed E-state index contributed by atoms with van der Waals surface area (Å²) in [6.07, 6.45) is 10.0. The molecule has 0 aliphatic rings. The maximum atomic E-state index is 9.38. The molecule has 2 atom stereocenters. The van der Waals surface area contributed by atoms with Crippen molar-refractivity contribution in [2.75, 3.05) is 6.61 Å². The van der Waals surface area contributed by atoms with Crippen molar-refractivity contribution < 1.29 is 5.11 Å². The molecular formula is C20H36N2O. The van der Waals surface area contributed by atoms with E-state index in [4.69, 9.17) is 11.5 Å². The van der Waals surface area contributed by atoms with E-state index in [-0.39, 0.29) is 12.6 Å². The van der Waals surface area contributed by atoms with Gasteiger partial charge in [0.25, 0.3) is 0 Å². The average molecular weight is 321 g/mol. The highest BCUT2D eigenvalue weighted by Crippen LogP contribution is 2.20. The largest absolute Gasteiger partial charge is 0.394 e. The topological polar surface area (TPSA) is 72.3 Å². The van der Waals surface area contributed by atoms with Gasteiger partial charge in [0, 0.05) is 11.6 Å². The van der Waals surface area contributed by atoms with Gasteiger partial charge in [-0.15, -0.1) is 0 Å². The molecule has 0 aliphatic heterocycles. The molecule has 3 nitrogen and oxygen atoms in total. The van der Waals surface area contributed by atoms with Gasteiger partial charge in [0.2, 0.25) is 0 Å². The monoisotopic (exact) mass is 320 g/mol. The minimum Gasteiger partial charge on any atom is -0.394 e. The number of unbranched alkanes of at least 4 members (excludes halogenated alkanes) is 4. The first-order valence-corrected chi connectivity index (χ1v) is 9.28. The lowest BCUT2D eigenvalue weighted by molar-refractivity contribution is 0.183. The predicted molar refractivity (Wildman–Crippen MR) is 99.4 cm³/mol. The molecule has 1 aromatic carbocycles. The van der Waals surface area contributed by atoms with Crippen LogP contribution in [0.4, 0.5) is 0 Å². The fraction of sp³-hybridized carbons (Fsp3) is 0.700. The Balaban J connectivity index is 2.40. The predicted octanol–water partition coefficient (Wildman–Crippen LogP) is 4.08. The molecule has 0 heterocycles. The summed E-state index contributed by atoms with van der Waals surface area (Å²) >= 11 is 0. The minimum absolute atomic E-state index is 0.0461. The van der Waals surface area contributed by atoms with Crippen LogP contribution >= 0.6 is 0 Å². The van der Waals surface area contributed by atoms with Crippen molar-refractivity contribution in [3.05, 3.63) is 35.4 Å². The molecule has 1 rings (SSSR count). The molecule has 132 valence electrons. The highest BCUT2D eigenvalue weighted by molar-refractivity contribution is 5.25. The molecule has 0 saturated heterocycles. The quantitative estimate of drug-likeness (QED) is 0.508. The maximum Gasteiger partial charge on any atom is 0.0611 e. The zero-order valence-electron chi connectivity index (χ0n) is 15.1. The zero-order chi connectivity index (χ0) is 17.1. The lowest BCUT2D eigenvalue weighted by Gasteiger charge is -2.25. The minimum atomic E-state index is -0.451. The van der Waals surface area contributed by atoms with E-state index in [0.717, 1.165) is 25.7 Å². The molecule has 0 spiro atoms. The molecule has 1 aromatic rings. The van der Waals surface area contributed by atoms with Crippen molar-refractivity contribution in [2.45, 2.75) is 83.2 Å². The van der Waals surface area contributed by atoms with Crippen LogP contribution in [0.15, 0.2) is 24.3 Å². The van der Waals surface area contributed by atoms with Crippen LogP contribution in [0.25, 0.3) is 0 Å². The van der Waals surface area contributed by atoms with E-state index in [0.29, 0.717) is 0 Å². The molecule has 0 fully saturated rings. The fourth-order valence-corrected chi connectivity index (χ4v) is 2.83. The van der Waals surface area contributed by atoms with Gasteiger partial charge in [-0.3, -0.25) is 0 Å². The van der Waals surface area contributed by atoms with Gasteiger partial charge >= 0.3 is 0 Å². The Kier molecular flexibility index (Phi) is 9.46. The second-order valence-electron chi connectivity index (χ2n) is 6.93. The van der Waals surface area contributed by atoms with E-state index >= 15 is 0 Å². The summed E-state index contributed by atoms with van der Waals surface area (Å²) in [5.74, 6) is 0. The summed E-state index contributed by atoms with van der Waals surface area (Å²) in [6.45, 7) is 4.31. The number of aliphatic hydroxyl groups excluding tert-OH is 1. The molecule has 0 radical (unpaired) electrons. The van der Waals surface area contributed by atoms with Gasteiger partial charge in [-0.2, -0.15) is 0 Å². The number of hydrogen-bond acceptors (Lipinski definition) is 3. The number of benzene rings is 1. The van der Waals surface area contributed by atoms with Crippen molar-refractivity contribution in [3.8, 4) is 0 Å². The third-order valence-corrected chi connectivity index (χ3v) is 4.96. The van der Waals surface area contributed by atoms with Gasteiger partial charge in [0.05, 0.1) is 6.61 Å². The standard InChI is InChI=1S/C20H36N2O/c1-3-5-6-7-8-9-19(21)18-12-10-17(11-13-18)14-15-20(22,4-2)16-23/h10-13,19,23H,3-9,14-16,21-22H2,1-2H3. The summed E-state index contributed by atoms with van der Waals surface area (Å²) < 4.78 is 0. The summed E-state index contributed by atoms with van der Waals surface area (Å²) in [4.78, 5) is 0. The van der Waals surface area contributed by atoms with Gasteiger partial charge in [-0.05, 0) is 36.8 Å². The van der Waals surface area contributed by atoms with Crippen molar-refractivity contribution in [1.29, 1.82) is 0 Å². The SMILES string of the molecule is CCCCCCCC(N)c1ccc(CCC(N)(CC)CO)cc1. The van der Waals surface area contributed by atoms with E-state index in [1.807, 2.05) is 6.92 Å². The highest BCUT2D eigenvalue weighted by atomic mass is 16.3. The molecule has 2 unspecified atom stereocenters. The molecule has 0 amide bonds. The molecule has 23 heavy (non-hydrogen) atoms. The van der Waals surface area contributed by atoms with Crippen LogP contribution in [0, 0.1) is 0 Å². The lowest BCUT2D eigenvalue weighted by atomic mass is 9.90. The van der Waals surface area contributed by atoms with Gasteiger partial charge in [-0.1, -0.05) is 70.2 Å². The normalized spacial score (nSPS) is 15.3. The molecule has 0 saturated carbocycles. The van der Waals surface area contributed by atoms with E-state index in [2.05, 4.69) is 31.2 Å². The summed E-state index contributed by atoms with van der Waals surface area (Å²) in [7, 11) is 0. The smallest absolute Gasteiger partial charge is 0.0611 e. The van der Waals surface area contributed by atoms with Gasteiger partial charge in [0.15, 0.2) is 0 Å². The van der Waals surface area contributed by atoms with E-state index in [1.165, 1.54) is 43.2 Å². The van der Waals surface area contributed by atoms with Gasteiger partial charge in [-0.25, -0.2) is 0 Å². The molecule has 5 N–H and O–H groups in total. The lowest BCUT2D eigenvalue weighted by Crippen LogP contribution is -2.43. The molecular weight excluding hydrogens is 284 g/mol. The Morgan fingerprint density at radius 1 is 1.04 bits per heavy atom. The van der Waals surface area contributed by atoms with Crippen LogP contribution in [0.1, 0.15) is 82.4 Å². The van der Waals surface area contributed by atoms with Crippen molar-refractivity contribution in [1.82, 2.24) is 0 Å². The van der Waals surface area contributed by atoms with E-state index in [9.17, 15) is 5.11 Å². The van der Waals surface area contributed by atoms with E-state index in [1.54, 1.807) is 0 Å². The summed E-state index contributed by atoms with van der Waals surface area (Å²) in [5.41, 5.74) is 14.5. The summed E-state index contributed by atoms with van der Waals surface area (Å²) in [6, 6.07) is 8.75. The third-order valence-electron chi connectivity index (χ3n) is 4.96. The Morgan fingerprint density at radius 3 is 2.26 bits per heavy atom. The molecule has 0 bridgehead atoms. The zero-order valence-corrected chi connectivity index (χ0v) is 15.1. The number of rotatable bonds is 12. The first-order chi connectivity index (χ1) is 11.0. The number of hydrogen-bond donors (Lipinski definition) is 3. The molecule has 0 aromatic heterocycles. The summed E-state index contributed by atoms with van der Waals surface area (Å²) in [5, 5.41) is 9.38. The first kappa shape index (κ1) is 20.1. The van der Waals surface area contributed by atoms with Gasteiger partial charge < -0.3 is 16.6 Å².